The molecule has 1 aromatic rings. The van der Waals surface area contributed by atoms with Gasteiger partial charge in [0, 0.05) is 58.4 Å². The van der Waals surface area contributed by atoms with Crippen LogP contribution in [0.1, 0.15) is 83.1 Å². The maximum absolute atomic E-state index is 13.5. The Bertz CT molecular complexity index is 1130. The van der Waals surface area contributed by atoms with Crippen LogP contribution in [-0.2, 0) is 20.8 Å². The molecular formula is C36H63N5O7. The summed E-state index contributed by atoms with van der Waals surface area (Å²) >= 11 is 0. The molecule has 12 nitrogen and oxygen atoms in total. The summed E-state index contributed by atoms with van der Waals surface area (Å²) < 4.78 is 16.8. The zero-order chi connectivity index (χ0) is 35.8. The van der Waals surface area contributed by atoms with Crippen LogP contribution in [0.15, 0.2) is 18.2 Å². The lowest BCUT2D eigenvalue weighted by Gasteiger charge is -2.32. The van der Waals surface area contributed by atoms with Crippen molar-refractivity contribution < 1.29 is 33.7 Å². The number of imide groups is 1. The molecule has 0 aliphatic carbocycles. The van der Waals surface area contributed by atoms with Crippen LogP contribution in [0.4, 0.5) is 4.79 Å². The number of hydrogen-bond donors (Lipinski definition) is 4. The number of morpholine rings is 1. The van der Waals surface area contributed by atoms with Crippen molar-refractivity contribution in [2.75, 3.05) is 59.7 Å². The predicted octanol–water partition coefficient (Wildman–Crippen LogP) is 3.63. The number of aliphatic hydroxyl groups is 1. The smallest absolute Gasteiger partial charge is 0.321 e. The Hall–Kier alpha value is -2.77. The second kappa shape index (κ2) is 21.3. The lowest BCUT2D eigenvalue weighted by Crippen LogP contribution is -2.49. The molecule has 4 unspecified atom stereocenters. The first-order valence-corrected chi connectivity index (χ1v) is 17.6. The van der Waals surface area contributed by atoms with Crippen molar-refractivity contribution in [3.8, 4) is 5.75 Å². The number of carbonyl (C=O) groups excluding carboxylic acids is 3. The van der Waals surface area contributed by atoms with Crippen molar-refractivity contribution in [2.24, 2.45) is 41.1 Å². The number of amides is 4. The summed E-state index contributed by atoms with van der Waals surface area (Å²) in [6, 6.07) is 4.33. The van der Waals surface area contributed by atoms with E-state index in [0.717, 1.165) is 42.9 Å². The summed E-state index contributed by atoms with van der Waals surface area (Å²) in [6.45, 7) is 17.3. The number of ether oxygens (including phenoxy) is 3. The van der Waals surface area contributed by atoms with Crippen LogP contribution >= 0.6 is 0 Å². The molecule has 48 heavy (non-hydrogen) atoms. The van der Waals surface area contributed by atoms with Crippen LogP contribution in [0.5, 0.6) is 5.75 Å². The number of hydrogen-bond acceptors (Lipinski definition) is 9. The van der Waals surface area contributed by atoms with Crippen molar-refractivity contribution in [1.82, 2.24) is 15.1 Å². The second-order valence-electron chi connectivity index (χ2n) is 14.2. The van der Waals surface area contributed by atoms with Crippen LogP contribution in [0.25, 0.3) is 0 Å². The van der Waals surface area contributed by atoms with E-state index < -0.39 is 30.0 Å². The topological polar surface area (TPSA) is 170 Å². The minimum Gasteiger partial charge on any atom is -0.493 e. The molecule has 1 fully saturated rings. The van der Waals surface area contributed by atoms with Crippen molar-refractivity contribution in [3.05, 3.63) is 29.3 Å². The first kappa shape index (κ1) is 41.4. The van der Waals surface area contributed by atoms with Crippen LogP contribution in [-0.4, -0.2) is 105 Å². The van der Waals surface area contributed by atoms with Gasteiger partial charge in [-0.3, -0.25) is 19.4 Å². The van der Waals surface area contributed by atoms with Gasteiger partial charge in [-0.15, -0.1) is 0 Å². The van der Waals surface area contributed by atoms with Gasteiger partial charge in [0.1, 0.15) is 5.75 Å². The number of methoxy groups -OCH3 is 1. The van der Waals surface area contributed by atoms with Crippen LogP contribution < -0.4 is 21.5 Å². The van der Waals surface area contributed by atoms with Crippen LogP contribution in [0, 0.1) is 29.6 Å². The zero-order valence-electron chi connectivity index (χ0n) is 30.4. The quantitative estimate of drug-likeness (QED) is 0.142. The molecule has 12 heteroatoms. The SMILES string of the molecule is COCCCCOc1cc(CN2CCOCC2)ccc1C(=O)NCC(CC(N)C(O)CC(C(=O)N(CC(C)C)C(N)=O)C(C)C)C(C)C. The van der Waals surface area contributed by atoms with Gasteiger partial charge in [0.05, 0.1) is 31.5 Å². The first-order chi connectivity index (χ1) is 22.7. The Morgan fingerprint density at radius 2 is 1.69 bits per heavy atom. The molecule has 1 heterocycles. The fourth-order valence-electron chi connectivity index (χ4n) is 5.88. The third-order valence-corrected chi connectivity index (χ3v) is 9.03. The Morgan fingerprint density at radius 1 is 1.02 bits per heavy atom. The van der Waals surface area contributed by atoms with Crippen molar-refractivity contribution in [3.63, 3.8) is 0 Å². The molecule has 4 amide bonds. The third-order valence-electron chi connectivity index (χ3n) is 9.03. The number of nitrogens with two attached hydrogens (primary N) is 2. The summed E-state index contributed by atoms with van der Waals surface area (Å²) in [7, 11) is 1.67. The normalized spacial score (nSPS) is 16.5. The zero-order valence-corrected chi connectivity index (χ0v) is 30.4. The summed E-state index contributed by atoms with van der Waals surface area (Å²) in [5.41, 5.74) is 13.6. The minimum atomic E-state index is -0.982. The molecule has 0 bridgehead atoms. The van der Waals surface area contributed by atoms with Gasteiger partial charge in [-0.25, -0.2) is 4.79 Å². The monoisotopic (exact) mass is 677 g/mol. The van der Waals surface area contributed by atoms with E-state index in [0.29, 0.717) is 50.7 Å². The summed E-state index contributed by atoms with van der Waals surface area (Å²) in [6.07, 6.45) is 1.23. The average molecular weight is 678 g/mol. The van der Waals surface area contributed by atoms with E-state index in [-0.39, 0.29) is 42.5 Å². The molecule has 1 aliphatic heterocycles. The number of urea groups is 1. The van der Waals surface area contributed by atoms with Crippen LogP contribution in [0.3, 0.4) is 0 Å². The highest BCUT2D eigenvalue weighted by Gasteiger charge is 2.34. The van der Waals surface area contributed by atoms with E-state index >= 15 is 0 Å². The number of nitrogens with zero attached hydrogens (tertiary/aromatic N) is 2. The Labute approximate surface area is 288 Å². The average Bonchev–Trinajstić information content (AvgIpc) is 3.03. The number of benzene rings is 1. The van der Waals surface area contributed by atoms with Crippen molar-refractivity contribution in [2.45, 2.75) is 85.9 Å². The lowest BCUT2D eigenvalue weighted by molar-refractivity contribution is -0.135. The standard InChI is InChI=1S/C36H63N5O7/c1-24(2)22-41(36(38)45)35(44)30(26(5)6)20-32(42)31(37)19-28(25(3)4)21-39-34(43)29-11-10-27(23-40-12-16-47-17-13-40)18-33(29)48-15-9-8-14-46-7/h10-11,18,24-26,28,30-32,42H,8-9,12-17,19-23,37H2,1-7H3,(H2,38,45)(H,39,43). The van der Waals surface area contributed by atoms with Gasteiger partial charge in [0.25, 0.3) is 5.91 Å². The lowest BCUT2D eigenvalue weighted by atomic mass is 9.83. The molecule has 4 atom stereocenters. The first-order valence-electron chi connectivity index (χ1n) is 17.6. The minimum absolute atomic E-state index is 0.0335. The van der Waals surface area contributed by atoms with E-state index in [1.165, 1.54) is 0 Å². The molecule has 274 valence electrons. The molecule has 0 spiro atoms. The molecule has 1 aromatic carbocycles. The number of carbonyl (C=O) groups is 3. The maximum atomic E-state index is 13.5. The molecule has 2 rings (SSSR count). The second-order valence-corrected chi connectivity index (χ2v) is 14.2. The molecule has 1 aliphatic rings. The number of aliphatic hydroxyl groups excluding tert-OH is 1. The van der Waals surface area contributed by atoms with Crippen LogP contribution in [0.2, 0.25) is 0 Å². The van der Waals surface area contributed by atoms with E-state index in [9.17, 15) is 19.5 Å². The largest absolute Gasteiger partial charge is 0.493 e. The third kappa shape index (κ3) is 14.0. The summed E-state index contributed by atoms with van der Waals surface area (Å²) in [5.74, 6) is -0.641. The Balaban J connectivity index is 2.09. The van der Waals surface area contributed by atoms with Gasteiger partial charge in [0.15, 0.2) is 0 Å². The highest BCUT2D eigenvalue weighted by atomic mass is 16.5. The molecule has 1 saturated heterocycles. The Morgan fingerprint density at radius 3 is 2.27 bits per heavy atom. The summed E-state index contributed by atoms with van der Waals surface area (Å²) in [5, 5.41) is 14.2. The van der Waals surface area contributed by atoms with Gasteiger partial charge in [0.2, 0.25) is 5.91 Å². The van der Waals surface area contributed by atoms with Gasteiger partial charge < -0.3 is 36.1 Å². The van der Waals surface area contributed by atoms with Crippen molar-refractivity contribution >= 4 is 17.8 Å². The molecule has 0 aromatic heterocycles. The molecular weight excluding hydrogens is 614 g/mol. The fraction of sp³-hybridized carbons (Fsp3) is 0.750. The molecule has 0 radical (unpaired) electrons. The Kier molecular flexibility index (Phi) is 18.4. The number of nitrogens with one attached hydrogen (secondary N) is 1. The van der Waals surface area contributed by atoms with Gasteiger partial charge in [-0.05, 0) is 67.1 Å². The number of unbranched alkanes of at least 4 members (excludes halogenated alkanes) is 1. The predicted molar refractivity (Wildman–Crippen MR) is 187 cm³/mol. The fourth-order valence-corrected chi connectivity index (χ4v) is 5.88. The van der Waals surface area contributed by atoms with E-state index in [1.807, 2.05) is 45.9 Å². The van der Waals surface area contributed by atoms with Gasteiger partial charge >= 0.3 is 6.03 Å². The van der Waals surface area contributed by atoms with Gasteiger partial charge in [-0.1, -0.05) is 47.6 Å². The molecule has 6 N–H and O–H groups in total. The highest BCUT2D eigenvalue weighted by Crippen LogP contribution is 2.26. The van der Waals surface area contributed by atoms with Gasteiger partial charge in [-0.2, -0.15) is 0 Å². The van der Waals surface area contributed by atoms with E-state index in [2.05, 4.69) is 24.1 Å². The highest BCUT2D eigenvalue weighted by molar-refractivity contribution is 5.97. The van der Waals surface area contributed by atoms with E-state index in [4.69, 9.17) is 25.7 Å². The maximum Gasteiger partial charge on any atom is 0.321 e. The molecule has 0 saturated carbocycles. The number of rotatable bonds is 21. The van der Waals surface area contributed by atoms with Crippen molar-refractivity contribution in [1.29, 1.82) is 0 Å². The van der Waals surface area contributed by atoms with E-state index in [1.54, 1.807) is 7.11 Å². The number of primary amides is 1. The summed E-state index contributed by atoms with van der Waals surface area (Å²) in [4.78, 5) is 42.3.